The van der Waals surface area contributed by atoms with E-state index in [1.807, 2.05) is 26.8 Å². The molecule has 1 amide bonds. The van der Waals surface area contributed by atoms with E-state index in [0.717, 1.165) is 0 Å². The zero-order valence-electron chi connectivity index (χ0n) is 11.9. The van der Waals surface area contributed by atoms with Crippen molar-refractivity contribution >= 4 is 11.9 Å². The van der Waals surface area contributed by atoms with Crippen LogP contribution in [0.2, 0.25) is 0 Å². The SMILES string of the molecule is CC(C)(C)OC(=O)NCCCNc1nnccc1C#N. The van der Waals surface area contributed by atoms with Gasteiger partial charge in [-0.25, -0.2) is 4.79 Å². The van der Waals surface area contributed by atoms with Gasteiger partial charge in [-0.05, 0) is 33.3 Å². The van der Waals surface area contributed by atoms with Crippen LogP contribution in [0.1, 0.15) is 32.8 Å². The molecule has 0 fully saturated rings. The Hall–Kier alpha value is -2.36. The fourth-order valence-electron chi connectivity index (χ4n) is 1.35. The summed E-state index contributed by atoms with van der Waals surface area (Å²) < 4.78 is 5.10. The molecule has 7 nitrogen and oxygen atoms in total. The van der Waals surface area contributed by atoms with Gasteiger partial charge in [-0.1, -0.05) is 0 Å². The fourth-order valence-corrected chi connectivity index (χ4v) is 1.35. The average Bonchev–Trinajstić information content (AvgIpc) is 2.36. The molecule has 0 saturated heterocycles. The summed E-state index contributed by atoms with van der Waals surface area (Å²) in [7, 11) is 0. The molecular formula is C13H19N5O2. The van der Waals surface area contributed by atoms with Crippen molar-refractivity contribution in [1.82, 2.24) is 15.5 Å². The Morgan fingerprint density at radius 1 is 1.45 bits per heavy atom. The van der Waals surface area contributed by atoms with E-state index in [9.17, 15) is 4.79 Å². The third-order valence-electron chi connectivity index (χ3n) is 2.16. The average molecular weight is 277 g/mol. The van der Waals surface area contributed by atoms with Gasteiger partial charge in [0.1, 0.15) is 11.7 Å². The van der Waals surface area contributed by atoms with Gasteiger partial charge in [0, 0.05) is 13.1 Å². The quantitative estimate of drug-likeness (QED) is 0.794. The number of nitriles is 1. The Labute approximate surface area is 118 Å². The lowest BCUT2D eigenvalue weighted by atomic mass is 10.2. The third kappa shape index (κ3) is 6.00. The predicted octanol–water partition coefficient (Wildman–Crippen LogP) is 1.67. The van der Waals surface area contributed by atoms with E-state index >= 15 is 0 Å². The monoisotopic (exact) mass is 277 g/mol. The Morgan fingerprint density at radius 3 is 2.85 bits per heavy atom. The number of ether oxygens (including phenoxy) is 1. The highest BCUT2D eigenvalue weighted by atomic mass is 16.6. The van der Waals surface area contributed by atoms with Crippen molar-refractivity contribution < 1.29 is 9.53 Å². The fraction of sp³-hybridized carbons (Fsp3) is 0.538. The second-order valence-electron chi connectivity index (χ2n) is 5.11. The van der Waals surface area contributed by atoms with E-state index < -0.39 is 11.7 Å². The molecule has 0 atom stereocenters. The van der Waals surface area contributed by atoms with Crippen LogP contribution in [0.5, 0.6) is 0 Å². The summed E-state index contributed by atoms with van der Waals surface area (Å²) in [5, 5.41) is 22.1. The van der Waals surface area contributed by atoms with Gasteiger partial charge < -0.3 is 15.4 Å². The van der Waals surface area contributed by atoms with E-state index in [-0.39, 0.29) is 0 Å². The largest absolute Gasteiger partial charge is 0.444 e. The molecule has 20 heavy (non-hydrogen) atoms. The first-order valence-corrected chi connectivity index (χ1v) is 6.35. The molecule has 0 aliphatic carbocycles. The third-order valence-corrected chi connectivity index (χ3v) is 2.16. The number of carbonyl (C=O) groups is 1. The Bertz CT molecular complexity index is 490. The number of rotatable bonds is 5. The Kier molecular flexibility index (Phi) is 5.72. The van der Waals surface area contributed by atoms with E-state index in [0.29, 0.717) is 30.9 Å². The van der Waals surface area contributed by atoms with Crippen molar-refractivity contribution in [2.75, 3.05) is 18.4 Å². The summed E-state index contributed by atoms with van der Waals surface area (Å²) in [6.45, 7) is 6.48. The number of carbonyl (C=O) groups excluding carboxylic acids is 1. The number of hydrogen-bond donors (Lipinski definition) is 2. The van der Waals surface area contributed by atoms with E-state index in [2.05, 4.69) is 20.8 Å². The molecule has 0 saturated carbocycles. The van der Waals surface area contributed by atoms with Crippen molar-refractivity contribution in [3.05, 3.63) is 17.8 Å². The Balaban J connectivity index is 2.23. The predicted molar refractivity (Wildman–Crippen MR) is 74.1 cm³/mol. The minimum absolute atomic E-state index is 0.435. The van der Waals surface area contributed by atoms with E-state index in [4.69, 9.17) is 10.00 Å². The number of nitrogens with one attached hydrogen (secondary N) is 2. The minimum Gasteiger partial charge on any atom is -0.444 e. The number of aromatic nitrogens is 2. The second kappa shape index (κ2) is 7.28. The zero-order chi connectivity index (χ0) is 15.0. The standard InChI is InChI=1S/C13H19N5O2/c1-13(2,3)20-12(19)16-7-4-6-15-11-10(9-14)5-8-17-18-11/h5,8H,4,6-7H2,1-3H3,(H,15,18)(H,16,19). The normalized spacial score (nSPS) is 10.5. The van der Waals surface area contributed by atoms with Crippen molar-refractivity contribution in [2.24, 2.45) is 0 Å². The molecular weight excluding hydrogens is 258 g/mol. The molecule has 7 heteroatoms. The van der Waals surface area contributed by atoms with Crippen molar-refractivity contribution in [1.29, 1.82) is 5.26 Å². The molecule has 108 valence electrons. The van der Waals surface area contributed by atoms with Gasteiger partial charge in [0.15, 0.2) is 5.82 Å². The van der Waals surface area contributed by atoms with Crippen LogP contribution < -0.4 is 10.6 Å². The molecule has 0 aliphatic heterocycles. The summed E-state index contributed by atoms with van der Waals surface area (Å²) in [4.78, 5) is 11.4. The molecule has 0 aliphatic rings. The van der Waals surface area contributed by atoms with Crippen LogP contribution in [-0.4, -0.2) is 35.0 Å². The van der Waals surface area contributed by atoms with Gasteiger partial charge in [0.2, 0.25) is 0 Å². The van der Waals surface area contributed by atoms with Crippen molar-refractivity contribution in [3.63, 3.8) is 0 Å². The molecule has 1 heterocycles. The number of amides is 1. The first kappa shape index (κ1) is 15.7. The van der Waals surface area contributed by atoms with Crippen LogP contribution in [0.3, 0.4) is 0 Å². The number of nitrogens with zero attached hydrogens (tertiary/aromatic N) is 3. The van der Waals surface area contributed by atoms with Crippen molar-refractivity contribution in [3.8, 4) is 6.07 Å². The Morgan fingerprint density at radius 2 is 2.20 bits per heavy atom. The molecule has 2 N–H and O–H groups in total. The van der Waals surface area contributed by atoms with Crippen LogP contribution in [0.15, 0.2) is 12.3 Å². The second-order valence-corrected chi connectivity index (χ2v) is 5.11. The maximum atomic E-state index is 11.4. The molecule has 1 aromatic rings. The highest BCUT2D eigenvalue weighted by Crippen LogP contribution is 2.08. The summed E-state index contributed by atoms with van der Waals surface area (Å²) in [5.74, 6) is 0.451. The summed E-state index contributed by atoms with van der Waals surface area (Å²) in [6, 6.07) is 3.62. The molecule has 0 radical (unpaired) electrons. The lowest BCUT2D eigenvalue weighted by Gasteiger charge is -2.19. The van der Waals surface area contributed by atoms with E-state index in [1.54, 1.807) is 6.07 Å². The molecule has 1 aromatic heterocycles. The van der Waals surface area contributed by atoms with Crippen molar-refractivity contribution in [2.45, 2.75) is 32.8 Å². The molecule has 0 spiro atoms. The number of hydrogen-bond acceptors (Lipinski definition) is 6. The molecule has 0 bridgehead atoms. The first-order valence-electron chi connectivity index (χ1n) is 6.35. The minimum atomic E-state index is -0.496. The van der Waals surface area contributed by atoms with Gasteiger partial charge >= 0.3 is 6.09 Å². The van der Waals surface area contributed by atoms with Crippen LogP contribution in [0, 0.1) is 11.3 Å². The van der Waals surface area contributed by atoms with Crippen LogP contribution in [0.4, 0.5) is 10.6 Å². The molecule has 0 aromatic carbocycles. The van der Waals surface area contributed by atoms with Gasteiger partial charge in [-0.3, -0.25) is 0 Å². The highest BCUT2D eigenvalue weighted by Gasteiger charge is 2.15. The zero-order valence-corrected chi connectivity index (χ0v) is 11.9. The molecule has 0 unspecified atom stereocenters. The van der Waals surface area contributed by atoms with Crippen LogP contribution >= 0.6 is 0 Å². The van der Waals surface area contributed by atoms with Gasteiger partial charge in [-0.15, -0.1) is 5.10 Å². The van der Waals surface area contributed by atoms with Crippen LogP contribution in [0.25, 0.3) is 0 Å². The lowest BCUT2D eigenvalue weighted by Crippen LogP contribution is -2.33. The smallest absolute Gasteiger partial charge is 0.407 e. The summed E-state index contributed by atoms with van der Waals surface area (Å²) in [5.41, 5.74) is -0.0518. The topological polar surface area (TPSA) is 99.9 Å². The van der Waals surface area contributed by atoms with Gasteiger partial charge in [-0.2, -0.15) is 10.4 Å². The highest BCUT2D eigenvalue weighted by molar-refractivity contribution is 5.67. The summed E-state index contributed by atoms with van der Waals surface area (Å²) in [6.07, 6.45) is 1.71. The number of alkyl carbamates (subject to hydrolysis) is 1. The number of anilines is 1. The first-order chi connectivity index (χ1) is 9.42. The maximum absolute atomic E-state index is 11.4. The lowest BCUT2D eigenvalue weighted by molar-refractivity contribution is 0.0528. The van der Waals surface area contributed by atoms with E-state index in [1.165, 1.54) is 6.20 Å². The maximum Gasteiger partial charge on any atom is 0.407 e. The van der Waals surface area contributed by atoms with Crippen LogP contribution in [-0.2, 0) is 4.74 Å². The molecule has 1 rings (SSSR count). The summed E-state index contributed by atoms with van der Waals surface area (Å²) >= 11 is 0. The van der Waals surface area contributed by atoms with Gasteiger partial charge in [0.05, 0.1) is 11.8 Å². The van der Waals surface area contributed by atoms with Gasteiger partial charge in [0.25, 0.3) is 0 Å².